The maximum atomic E-state index is 13.1. The van der Waals surface area contributed by atoms with E-state index in [9.17, 15) is 13.2 Å². The molecule has 0 aliphatic carbocycles. The fourth-order valence-electron chi connectivity index (χ4n) is 4.34. The van der Waals surface area contributed by atoms with Crippen molar-refractivity contribution in [3.8, 4) is 0 Å². The van der Waals surface area contributed by atoms with Crippen LogP contribution in [-0.4, -0.2) is 72.2 Å². The van der Waals surface area contributed by atoms with Crippen LogP contribution < -0.4 is 4.90 Å². The van der Waals surface area contributed by atoms with Gasteiger partial charge in [-0.25, -0.2) is 27.5 Å². The fourth-order valence-corrected chi connectivity index (χ4v) is 7.03. The number of rotatable bonds is 5. The highest BCUT2D eigenvalue weighted by atomic mass is 32.2. The molecule has 3 aromatic rings. The number of aromatic nitrogens is 3. The Hall–Kier alpha value is -2.50. The van der Waals surface area contributed by atoms with Crippen LogP contribution in [0.4, 0.5) is 5.13 Å². The molecule has 2 fully saturated rings. The predicted octanol–water partition coefficient (Wildman–Crippen LogP) is 2.20. The van der Waals surface area contributed by atoms with Crippen LogP contribution in [-0.2, 0) is 14.8 Å². The van der Waals surface area contributed by atoms with Gasteiger partial charge in [0, 0.05) is 49.3 Å². The molecular formula is C20H23N5O4S2. The summed E-state index contributed by atoms with van der Waals surface area (Å²) in [6.45, 7) is 1.84. The summed E-state index contributed by atoms with van der Waals surface area (Å²) in [5.41, 5.74) is 2.35. The van der Waals surface area contributed by atoms with E-state index < -0.39 is 21.2 Å². The second-order valence-corrected chi connectivity index (χ2v) is 10.9. The number of aromatic amines is 1. The third kappa shape index (κ3) is 3.60. The Morgan fingerprint density at radius 3 is 2.81 bits per heavy atom. The average Bonchev–Trinajstić information content (AvgIpc) is 3.39. The molecule has 11 heteroatoms. The number of pyridine rings is 1. The minimum Gasteiger partial charge on any atom is -0.464 e. The van der Waals surface area contributed by atoms with Gasteiger partial charge in [0.15, 0.2) is 10.8 Å². The third-order valence-corrected chi connectivity index (χ3v) is 9.29. The number of hydrogen-bond acceptors (Lipinski definition) is 8. The first kappa shape index (κ1) is 20.4. The van der Waals surface area contributed by atoms with Crippen LogP contribution in [0.15, 0.2) is 29.9 Å². The number of piperidine rings is 1. The molecule has 0 aromatic carbocycles. The summed E-state index contributed by atoms with van der Waals surface area (Å²) in [6, 6.07) is 3.99. The van der Waals surface area contributed by atoms with Gasteiger partial charge in [-0.05, 0) is 36.5 Å². The molecule has 31 heavy (non-hydrogen) atoms. The first-order valence-electron chi connectivity index (χ1n) is 10.2. The van der Waals surface area contributed by atoms with Crippen LogP contribution in [0.25, 0.3) is 11.0 Å². The molecule has 5 rings (SSSR count). The molecule has 0 spiro atoms. The SMILES string of the molecule is COC(=O)c1csc(N2CC(S(=O)(=O)N3CCC(c4c[nH]c5ncccc45)CC3)C2)n1. The largest absolute Gasteiger partial charge is 0.464 e. The number of anilines is 1. The zero-order valence-electron chi connectivity index (χ0n) is 17.0. The molecule has 0 atom stereocenters. The molecule has 0 radical (unpaired) electrons. The van der Waals surface area contributed by atoms with Crippen molar-refractivity contribution < 1.29 is 17.9 Å². The summed E-state index contributed by atoms with van der Waals surface area (Å²) in [5.74, 6) is -0.157. The van der Waals surface area contributed by atoms with E-state index in [0.29, 0.717) is 37.2 Å². The first-order valence-corrected chi connectivity index (χ1v) is 12.6. The van der Waals surface area contributed by atoms with Gasteiger partial charge >= 0.3 is 5.97 Å². The fraction of sp³-hybridized carbons (Fsp3) is 0.450. The monoisotopic (exact) mass is 461 g/mol. The van der Waals surface area contributed by atoms with Gasteiger partial charge in [-0.3, -0.25) is 0 Å². The standard InChI is InChI=1S/C20H23N5O4S2/c1-29-19(26)17-12-30-20(23-17)24-10-14(11-24)31(27,28)25-7-4-13(5-8-25)16-9-22-18-15(16)3-2-6-21-18/h2-3,6,9,12-14H,4-5,7-8,10-11H2,1H3,(H,21,22). The van der Waals surface area contributed by atoms with E-state index in [4.69, 9.17) is 0 Å². The molecular weight excluding hydrogens is 438 g/mol. The van der Waals surface area contributed by atoms with Crippen molar-refractivity contribution in [2.45, 2.75) is 24.0 Å². The number of sulfonamides is 1. The van der Waals surface area contributed by atoms with Crippen molar-refractivity contribution in [2.75, 3.05) is 38.2 Å². The van der Waals surface area contributed by atoms with Crippen LogP contribution in [0.1, 0.15) is 34.8 Å². The number of thiazole rings is 1. The van der Waals surface area contributed by atoms with E-state index in [1.165, 1.54) is 24.0 Å². The highest BCUT2D eigenvalue weighted by molar-refractivity contribution is 7.89. The summed E-state index contributed by atoms with van der Waals surface area (Å²) < 4.78 is 32.5. The Balaban J connectivity index is 1.20. The number of carbonyl (C=O) groups is 1. The molecule has 2 saturated heterocycles. The van der Waals surface area contributed by atoms with Gasteiger partial charge < -0.3 is 14.6 Å². The van der Waals surface area contributed by atoms with Crippen molar-refractivity contribution in [2.24, 2.45) is 0 Å². The number of H-pyrrole nitrogens is 1. The highest BCUT2D eigenvalue weighted by Gasteiger charge is 2.43. The van der Waals surface area contributed by atoms with Gasteiger partial charge in [0.25, 0.3) is 0 Å². The van der Waals surface area contributed by atoms with Crippen molar-refractivity contribution in [3.05, 3.63) is 41.2 Å². The van der Waals surface area contributed by atoms with Crippen molar-refractivity contribution in [1.29, 1.82) is 0 Å². The lowest BCUT2D eigenvalue weighted by Gasteiger charge is -2.42. The van der Waals surface area contributed by atoms with Gasteiger partial charge in [-0.1, -0.05) is 0 Å². The van der Waals surface area contributed by atoms with Crippen LogP contribution in [0, 0.1) is 0 Å². The van der Waals surface area contributed by atoms with Crippen LogP contribution >= 0.6 is 11.3 Å². The molecule has 2 aliphatic heterocycles. The normalized spacial score (nSPS) is 18.9. The van der Waals surface area contributed by atoms with E-state index in [2.05, 4.69) is 25.8 Å². The number of carbonyl (C=O) groups excluding carboxylic acids is 1. The molecule has 9 nitrogen and oxygen atoms in total. The van der Waals surface area contributed by atoms with E-state index in [0.717, 1.165) is 23.9 Å². The van der Waals surface area contributed by atoms with Gasteiger partial charge in [0.2, 0.25) is 10.0 Å². The van der Waals surface area contributed by atoms with E-state index in [1.54, 1.807) is 15.9 Å². The highest BCUT2D eigenvalue weighted by Crippen LogP contribution is 2.35. The van der Waals surface area contributed by atoms with Crippen molar-refractivity contribution >= 4 is 43.5 Å². The number of nitrogens with zero attached hydrogens (tertiary/aromatic N) is 4. The van der Waals surface area contributed by atoms with Crippen molar-refractivity contribution in [3.63, 3.8) is 0 Å². The van der Waals surface area contributed by atoms with Gasteiger partial charge in [0.05, 0.1) is 7.11 Å². The Bertz CT molecular complexity index is 1210. The molecule has 1 N–H and O–H groups in total. The van der Waals surface area contributed by atoms with Gasteiger partial charge in [0.1, 0.15) is 10.9 Å². The molecule has 5 heterocycles. The molecule has 0 bridgehead atoms. The summed E-state index contributed by atoms with van der Waals surface area (Å²) >= 11 is 1.32. The minimum absolute atomic E-state index is 0.253. The number of hydrogen-bond donors (Lipinski definition) is 1. The smallest absolute Gasteiger partial charge is 0.357 e. The van der Waals surface area contributed by atoms with E-state index in [1.807, 2.05) is 17.2 Å². The van der Waals surface area contributed by atoms with Crippen LogP contribution in [0.3, 0.4) is 0 Å². The second kappa shape index (κ2) is 7.88. The second-order valence-electron chi connectivity index (χ2n) is 7.90. The minimum atomic E-state index is -3.36. The first-order chi connectivity index (χ1) is 15.0. The molecule has 3 aromatic heterocycles. The zero-order chi connectivity index (χ0) is 21.6. The summed E-state index contributed by atoms with van der Waals surface area (Å²) in [4.78, 5) is 25.3. The molecule has 0 unspecified atom stereocenters. The molecule has 164 valence electrons. The summed E-state index contributed by atoms with van der Waals surface area (Å²) in [5, 5.41) is 2.96. The Kier molecular flexibility index (Phi) is 5.19. The lowest BCUT2D eigenvalue weighted by molar-refractivity contribution is 0.0595. The van der Waals surface area contributed by atoms with Crippen LogP contribution in [0.5, 0.6) is 0 Å². The number of methoxy groups -OCH3 is 1. The Morgan fingerprint density at radius 1 is 1.29 bits per heavy atom. The third-order valence-electron chi connectivity index (χ3n) is 6.16. The number of esters is 1. The lowest BCUT2D eigenvalue weighted by Crippen LogP contribution is -2.59. The molecule has 0 saturated carbocycles. The van der Waals surface area contributed by atoms with E-state index >= 15 is 0 Å². The number of fused-ring (bicyclic) bond motifs is 1. The molecule has 0 amide bonds. The zero-order valence-corrected chi connectivity index (χ0v) is 18.7. The lowest BCUT2D eigenvalue weighted by atomic mass is 9.90. The summed E-state index contributed by atoms with van der Waals surface area (Å²) in [7, 11) is -2.05. The van der Waals surface area contributed by atoms with Crippen molar-refractivity contribution in [1.82, 2.24) is 19.3 Å². The topological polar surface area (TPSA) is 108 Å². The Labute approximate surface area is 184 Å². The number of nitrogens with one attached hydrogen (secondary N) is 1. The summed E-state index contributed by atoms with van der Waals surface area (Å²) in [6.07, 6.45) is 5.37. The maximum absolute atomic E-state index is 13.1. The van der Waals surface area contributed by atoms with Gasteiger partial charge in [-0.2, -0.15) is 0 Å². The van der Waals surface area contributed by atoms with Crippen LogP contribution in [0.2, 0.25) is 0 Å². The van der Waals surface area contributed by atoms with E-state index in [-0.39, 0.29) is 5.69 Å². The average molecular weight is 462 g/mol. The maximum Gasteiger partial charge on any atom is 0.357 e. The molecule has 2 aliphatic rings. The predicted molar refractivity (Wildman–Crippen MR) is 118 cm³/mol. The number of ether oxygens (including phenoxy) is 1. The Morgan fingerprint density at radius 2 is 2.06 bits per heavy atom. The quantitative estimate of drug-likeness (QED) is 0.580. The van der Waals surface area contributed by atoms with Gasteiger partial charge in [-0.15, -0.1) is 11.3 Å².